The average molecular weight is 226 g/mol. The van der Waals surface area contributed by atoms with Crippen LogP contribution in [0.4, 0.5) is 0 Å². The van der Waals surface area contributed by atoms with Crippen molar-refractivity contribution in [2.24, 2.45) is 0 Å². The van der Waals surface area contributed by atoms with Gasteiger partial charge >= 0.3 is 0 Å². The van der Waals surface area contributed by atoms with E-state index in [1.807, 2.05) is 6.92 Å². The van der Waals surface area contributed by atoms with Gasteiger partial charge in [-0.2, -0.15) is 0 Å². The Kier molecular flexibility index (Phi) is 5.26. The summed E-state index contributed by atoms with van der Waals surface area (Å²) in [5.41, 5.74) is 0.196. The Morgan fingerprint density at radius 2 is 1.75 bits per heavy atom. The lowest BCUT2D eigenvalue weighted by Crippen LogP contribution is -2.52. The van der Waals surface area contributed by atoms with E-state index in [2.05, 4.69) is 24.3 Å². The topological polar surface area (TPSA) is 32.3 Å². The number of carbonyl (C=O) groups excluding carboxylic acids is 1. The molecule has 0 saturated heterocycles. The van der Waals surface area contributed by atoms with Gasteiger partial charge < -0.3 is 10.2 Å². The van der Waals surface area contributed by atoms with E-state index in [1.165, 1.54) is 38.5 Å². The molecule has 1 saturated carbocycles. The van der Waals surface area contributed by atoms with E-state index >= 15 is 0 Å². The summed E-state index contributed by atoms with van der Waals surface area (Å²) in [7, 11) is 4.28. The van der Waals surface area contributed by atoms with Crippen LogP contribution in [0, 0.1) is 0 Å². The minimum atomic E-state index is 0.172. The molecule has 0 aromatic carbocycles. The van der Waals surface area contributed by atoms with Gasteiger partial charge in [-0.1, -0.05) is 32.6 Å². The molecule has 1 rings (SSSR count). The third-order valence-corrected chi connectivity index (χ3v) is 3.92. The summed E-state index contributed by atoms with van der Waals surface area (Å²) in [6.07, 6.45) is 8.28. The van der Waals surface area contributed by atoms with E-state index in [1.54, 1.807) is 0 Å². The molecular formula is C13H26N2O. The Bertz CT molecular complexity index is 218. The van der Waals surface area contributed by atoms with Crippen LogP contribution in [0.15, 0.2) is 0 Å². The molecule has 1 fully saturated rings. The fraction of sp³-hybridized carbons (Fsp3) is 0.923. The summed E-state index contributed by atoms with van der Waals surface area (Å²) in [6.45, 7) is 2.72. The molecule has 0 aromatic heterocycles. The minimum Gasteiger partial charge on any atom is -0.354 e. The summed E-state index contributed by atoms with van der Waals surface area (Å²) in [6, 6.07) is 0. The summed E-state index contributed by atoms with van der Waals surface area (Å²) >= 11 is 0. The van der Waals surface area contributed by atoms with Crippen LogP contribution in [-0.4, -0.2) is 37.0 Å². The second-order valence-corrected chi connectivity index (χ2v) is 5.16. The number of rotatable bonds is 4. The highest BCUT2D eigenvalue weighted by atomic mass is 16.1. The third kappa shape index (κ3) is 3.48. The molecule has 0 unspecified atom stereocenters. The number of hydrogen-bond donors (Lipinski definition) is 1. The zero-order valence-electron chi connectivity index (χ0n) is 11.0. The van der Waals surface area contributed by atoms with Crippen molar-refractivity contribution >= 4 is 5.91 Å². The van der Waals surface area contributed by atoms with Gasteiger partial charge in [0.1, 0.15) is 0 Å². The van der Waals surface area contributed by atoms with Crippen LogP contribution in [-0.2, 0) is 4.79 Å². The molecule has 1 N–H and O–H groups in total. The lowest BCUT2D eigenvalue weighted by molar-refractivity contribution is -0.121. The van der Waals surface area contributed by atoms with Gasteiger partial charge in [0.25, 0.3) is 0 Å². The van der Waals surface area contributed by atoms with Gasteiger partial charge in [-0.3, -0.25) is 4.79 Å². The van der Waals surface area contributed by atoms with Crippen molar-refractivity contribution in [3.63, 3.8) is 0 Å². The Morgan fingerprint density at radius 1 is 1.19 bits per heavy atom. The quantitative estimate of drug-likeness (QED) is 0.745. The molecule has 3 nitrogen and oxygen atoms in total. The maximum absolute atomic E-state index is 11.4. The molecule has 0 spiro atoms. The lowest BCUT2D eigenvalue weighted by atomic mass is 9.88. The van der Waals surface area contributed by atoms with Crippen LogP contribution in [0.2, 0.25) is 0 Å². The minimum absolute atomic E-state index is 0.172. The van der Waals surface area contributed by atoms with Crippen molar-refractivity contribution in [2.45, 2.75) is 57.4 Å². The molecule has 0 radical (unpaired) electrons. The molecule has 1 amide bonds. The molecule has 94 valence electrons. The fourth-order valence-electron chi connectivity index (χ4n) is 2.56. The SMILES string of the molecule is CCC(=O)NCC1(N(C)C)CCCCCC1. The van der Waals surface area contributed by atoms with Crippen LogP contribution in [0.5, 0.6) is 0 Å². The first-order valence-electron chi connectivity index (χ1n) is 6.55. The van der Waals surface area contributed by atoms with Crippen molar-refractivity contribution in [1.82, 2.24) is 10.2 Å². The highest BCUT2D eigenvalue weighted by Crippen LogP contribution is 2.30. The predicted molar refractivity (Wildman–Crippen MR) is 67.4 cm³/mol. The van der Waals surface area contributed by atoms with E-state index in [-0.39, 0.29) is 11.4 Å². The number of nitrogens with one attached hydrogen (secondary N) is 1. The molecule has 0 heterocycles. The maximum atomic E-state index is 11.4. The predicted octanol–water partition coefficient (Wildman–Crippen LogP) is 2.17. The van der Waals surface area contributed by atoms with Crippen molar-refractivity contribution in [3.05, 3.63) is 0 Å². The van der Waals surface area contributed by atoms with Crippen LogP contribution < -0.4 is 5.32 Å². The zero-order valence-corrected chi connectivity index (χ0v) is 11.0. The standard InChI is InChI=1S/C13H26N2O/c1-4-12(16)14-11-13(15(2)3)9-7-5-6-8-10-13/h4-11H2,1-3H3,(H,14,16). The van der Waals surface area contributed by atoms with E-state index in [0.717, 1.165) is 6.54 Å². The molecule has 16 heavy (non-hydrogen) atoms. The van der Waals surface area contributed by atoms with Crippen LogP contribution >= 0.6 is 0 Å². The first kappa shape index (κ1) is 13.5. The molecule has 1 aliphatic carbocycles. The van der Waals surface area contributed by atoms with Crippen molar-refractivity contribution < 1.29 is 4.79 Å². The zero-order chi connectivity index (χ0) is 12.0. The van der Waals surface area contributed by atoms with Crippen molar-refractivity contribution in [3.8, 4) is 0 Å². The number of amides is 1. The van der Waals surface area contributed by atoms with E-state index in [9.17, 15) is 4.79 Å². The van der Waals surface area contributed by atoms with Gasteiger partial charge in [-0.25, -0.2) is 0 Å². The molecule has 3 heteroatoms. The Balaban J connectivity index is 2.59. The van der Waals surface area contributed by atoms with Gasteiger partial charge in [-0.05, 0) is 26.9 Å². The van der Waals surface area contributed by atoms with Crippen molar-refractivity contribution in [2.75, 3.05) is 20.6 Å². The number of likely N-dealkylation sites (N-methyl/N-ethyl adjacent to an activating group) is 1. The normalized spacial score (nSPS) is 20.5. The Morgan fingerprint density at radius 3 is 2.19 bits per heavy atom. The van der Waals surface area contributed by atoms with Crippen LogP contribution in [0.25, 0.3) is 0 Å². The molecular weight excluding hydrogens is 200 g/mol. The number of carbonyl (C=O) groups is 1. The van der Waals surface area contributed by atoms with Crippen LogP contribution in [0.3, 0.4) is 0 Å². The summed E-state index contributed by atoms with van der Waals surface area (Å²) < 4.78 is 0. The van der Waals surface area contributed by atoms with E-state index in [4.69, 9.17) is 0 Å². The summed E-state index contributed by atoms with van der Waals surface area (Å²) in [5.74, 6) is 0.172. The molecule has 0 bridgehead atoms. The summed E-state index contributed by atoms with van der Waals surface area (Å²) in [4.78, 5) is 13.7. The molecule has 0 atom stereocenters. The lowest BCUT2D eigenvalue weighted by Gasteiger charge is -2.39. The van der Waals surface area contributed by atoms with Gasteiger partial charge in [0.2, 0.25) is 5.91 Å². The van der Waals surface area contributed by atoms with Gasteiger partial charge in [0.15, 0.2) is 0 Å². The number of nitrogens with zero attached hydrogens (tertiary/aromatic N) is 1. The first-order valence-corrected chi connectivity index (χ1v) is 6.55. The molecule has 1 aliphatic rings. The fourth-order valence-corrected chi connectivity index (χ4v) is 2.56. The van der Waals surface area contributed by atoms with Crippen LogP contribution in [0.1, 0.15) is 51.9 Å². The highest BCUT2D eigenvalue weighted by Gasteiger charge is 2.33. The number of hydrogen-bond acceptors (Lipinski definition) is 2. The van der Waals surface area contributed by atoms with E-state index in [0.29, 0.717) is 6.42 Å². The summed E-state index contributed by atoms with van der Waals surface area (Å²) in [5, 5.41) is 3.07. The monoisotopic (exact) mass is 226 g/mol. The highest BCUT2D eigenvalue weighted by molar-refractivity contribution is 5.75. The third-order valence-electron chi connectivity index (χ3n) is 3.92. The maximum Gasteiger partial charge on any atom is 0.219 e. The second-order valence-electron chi connectivity index (χ2n) is 5.16. The molecule has 0 aromatic rings. The first-order chi connectivity index (χ1) is 7.60. The van der Waals surface area contributed by atoms with E-state index < -0.39 is 0 Å². The molecule has 0 aliphatic heterocycles. The second kappa shape index (κ2) is 6.24. The largest absolute Gasteiger partial charge is 0.354 e. The van der Waals surface area contributed by atoms with Crippen molar-refractivity contribution in [1.29, 1.82) is 0 Å². The Hall–Kier alpha value is -0.570. The van der Waals surface area contributed by atoms with Gasteiger partial charge in [-0.15, -0.1) is 0 Å². The Labute approximate surface area is 99.6 Å². The van der Waals surface area contributed by atoms with Gasteiger partial charge in [0, 0.05) is 18.5 Å². The average Bonchev–Trinajstić information content (AvgIpc) is 2.52. The van der Waals surface area contributed by atoms with Gasteiger partial charge in [0.05, 0.1) is 0 Å². The smallest absolute Gasteiger partial charge is 0.219 e.